The summed E-state index contributed by atoms with van der Waals surface area (Å²) in [5.74, 6) is -0.669. The average Bonchev–Trinajstić information content (AvgIpc) is 2.49. The highest BCUT2D eigenvalue weighted by molar-refractivity contribution is 5.95. The zero-order chi connectivity index (χ0) is 16.1. The van der Waals surface area contributed by atoms with E-state index in [2.05, 4.69) is 5.32 Å². The Hall–Kier alpha value is -2.69. The number of Topliss-reactive ketones (excluding diaryl/α,β-unsaturated/α-hetero) is 1. The van der Waals surface area contributed by atoms with Crippen LogP contribution in [-0.4, -0.2) is 17.8 Å². The highest BCUT2D eigenvalue weighted by Crippen LogP contribution is 2.17. The lowest BCUT2D eigenvalue weighted by Gasteiger charge is -2.15. The molecule has 22 heavy (non-hydrogen) atoms. The van der Waals surface area contributed by atoms with Crippen molar-refractivity contribution >= 4 is 17.4 Å². The summed E-state index contributed by atoms with van der Waals surface area (Å²) >= 11 is 0. The Labute approximate surface area is 127 Å². The molecule has 5 heteroatoms. The molecule has 2 aromatic carbocycles. The number of anilines is 1. The molecule has 4 nitrogen and oxygen atoms in total. The maximum atomic E-state index is 13.5. The maximum Gasteiger partial charge on any atom is 0.265 e. The van der Waals surface area contributed by atoms with Crippen molar-refractivity contribution in [2.24, 2.45) is 0 Å². The van der Waals surface area contributed by atoms with Gasteiger partial charge >= 0.3 is 0 Å². The van der Waals surface area contributed by atoms with Crippen molar-refractivity contribution in [1.29, 1.82) is 0 Å². The van der Waals surface area contributed by atoms with E-state index in [1.165, 1.54) is 25.1 Å². The molecule has 0 heterocycles. The number of hydrogen-bond donors (Lipinski definition) is 1. The highest BCUT2D eigenvalue weighted by atomic mass is 19.1. The van der Waals surface area contributed by atoms with Crippen LogP contribution < -0.4 is 10.1 Å². The van der Waals surface area contributed by atoms with Gasteiger partial charge in [-0.25, -0.2) is 4.39 Å². The van der Waals surface area contributed by atoms with Crippen LogP contribution in [0.2, 0.25) is 0 Å². The third-order valence-corrected chi connectivity index (χ3v) is 3.05. The van der Waals surface area contributed by atoms with Crippen molar-refractivity contribution in [3.05, 3.63) is 59.9 Å². The molecule has 0 unspecified atom stereocenters. The summed E-state index contributed by atoms with van der Waals surface area (Å²) in [7, 11) is 0. The van der Waals surface area contributed by atoms with Crippen molar-refractivity contribution in [3.8, 4) is 5.75 Å². The van der Waals surface area contributed by atoms with Gasteiger partial charge in [-0.3, -0.25) is 9.59 Å². The quantitative estimate of drug-likeness (QED) is 0.861. The number of ketones is 1. The first kappa shape index (κ1) is 15.7. The number of carbonyl (C=O) groups excluding carboxylic acids is 2. The number of hydrogen-bond acceptors (Lipinski definition) is 3. The molecular formula is C17H16FNO3. The fraction of sp³-hybridized carbons (Fsp3) is 0.176. The summed E-state index contributed by atoms with van der Waals surface area (Å²) in [6.45, 7) is 3.00. The second-order valence-electron chi connectivity index (χ2n) is 4.81. The molecule has 0 aliphatic carbocycles. The fourth-order valence-corrected chi connectivity index (χ4v) is 1.84. The van der Waals surface area contributed by atoms with Crippen LogP contribution in [-0.2, 0) is 4.79 Å². The number of ether oxygens (including phenoxy) is 1. The second kappa shape index (κ2) is 6.85. The molecule has 114 valence electrons. The van der Waals surface area contributed by atoms with E-state index in [9.17, 15) is 14.0 Å². The first-order valence-electron chi connectivity index (χ1n) is 6.80. The second-order valence-corrected chi connectivity index (χ2v) is 4.81. The van der Waals surface area contributed by atoms with Gasteiger partial charge in [-0.2, -0.15) is 0 Å². The smallest absolute Gasteiger partial charge is 0.265 e. The number of para-hydroxylation sites is 1. The summed E-state index contributed by atoms with van der Waals surface area (Å²) in [6, 6.07) is 12.5. The van der Waals surface area contributed by atoms with E-state index in [1.807, 2.05) is 0 Å². The van der Waals surface area contributed by atoms with Gasteiger partial charge in [0.15, 0.2) is 11.9 Å². The molecule has 1 amide bonds. The Morgan fingerprint density at radius 1 is 1.14 bits per heavy atom. The first-order chi connectivity index (χ1) is 10.5. The minimum absolute atomic E-state index is 0.0890. The lowest BCUT2D eigenvalue weighted by molar-refractivity contribution is -0.122. The molecule has 0 aliphatic rings. The van der Waals surface area contributed by atoms with Gasteiger partial charge in [0.2, 0.25) is 0 Å². The minimum Gasteiger partial charge on any atom is -0.481 e. The summed E-state index contributed by atoms with van der Waals surface area (Å²) in [5, 5.41) is 2.46. The van der Waals surface area contributed by atoms with Crippen molar-refractivity contribution in [2.45, 2.75) is 20.0 Å². The lowest BCUT2D eigenvalue weighted by Crippen LogP contribution is -2.30. The van der Waals surface area contributed by atoms with Crippen LogP contribution >= 0.6 is 0 Å². The number of rotatable bonds is 5. The topological polar surface area (TPSA) is 55.4 Å². The van der Waals surface area contributed by atoms with Gasteiger partial charge in [-0.15, -0.1) is 0 Å². The van der Waals surface area contributed by atoms with Crippen molar-refractivity contribution in [1.82, 2.24) is 0 Å². The van der Waals surface area contributed by atoms with Gasteiger partial charge in [0.1, 0.15) is 11.6 Å². The maximum absolute atomic E-state index is 13.5. The largest absolute Gasteiger partial charge is 0.481 e. The molecule has 0 bridgehead atoms. The first-order valence-corrected chi connectivity index (χ1v) is 6.80. The van der Waals surface area contributed by atoms with Crippen LogP contribution in [0.25, 0.3) is 0 Å². The Balaban J connectivity index is 2.04. The molecule has 1 atom stereocenters. The van der Waals surface area contributed by atoms with E-state index in [1.54, 1.807) is 37.3 Å². The number of halogens is 1. The molecule has 0 spiro atoms. The monoisotopic (exact) mass is 301 g/mol. The summed E-state index contributed by atoms with van der Waals surface area (Å²) in [5.41, 5.74) is 0.597. The van der Waals surface area contributed by atoms with Crippen LogP contribution in [0.15, 0.2) is 48.5 Å². The number of nitrogens with one attached hydrogen (secondary N) is 1. The molecule has 0 saturated heterocycles. The van der Waals surface area contributed by atoms with E-state index in [4.69, 9.17) is 4.74 Å². The molecule has 2 aromatic rings. The number of benzene rings is 2. The molecule has 0 saturated carbocycles. The molecule has 2 rings (SSSR count). The van der Waals surface area contributed by atoms with Crippen molar-refractivity contribution < 1.29 is 18.7 Å². The van der Waals surface area contributed by atoms with E-state index >= 15 is 0 Å². The van der Waals surface area contributed by atoms with Gasteiger partial charge in [-0.1, -0.05) is 24.3 Å². The molecule has 0 aromatic heterocycles. The predicted octanol–water partition coefficient (Wildman–Crippen LogP) is 3.43. The van der Waals surface area contributed by atoms with Gasteiger partial charge in [-0.05, 0) is 38.1 Å². The summed E-state index contributed by atoms with van der Waals surface area (Å²) < 4.78 is 19.0. The summed E-state index contributed by atoms with van der Waals surface area (Å²) in [6.07, 6.45) is -0.832. The lowest BCUT2D eigenvalue weighted by atomic mass is 10.1. The SMILES string of the molecule is CC(=O)c1cccc(O[C@@H](C)C(=O)Nc2ccccc2F)c1. The van der Waals surface area contributed by atoms with E-state index in [0.717, 1.165) is 0 Å². The van der Waals surface area contributed by atoms with Crippen LogP contribution in [0.5, 0.6) is 5.75 Å². The minimum atomic E-state index is -0.832. The van der Waals surface area contributed by atoms with Crippen LogP contribution in [0.4, 0.5) is 10.1 Å². The highest BCUT2D eigenvalue weighted by Gasteiger charge is 2.16. The van der Waals surface area contributed by atoms with Gasteiger partial charge in [0.05, 0.1) is 5.69 Å². The van der Waals surface area contributed by atoms with E-state index < -0.39 is 17.8 Å². The van der Waals surface area contributed by atoms with Gasteiger partial charge in [0.25, 0.3) is 5.91 Å². The Bertz CT molecular complexity index is 700. The van der Waals surface area contributed by atoms with Crippen LogP contribution in [0.1, 0.15) is 24.2 Å². The van der Waals surface area contributed by atoms with Crippen LogP contribution in [0.3, 0.4) is 0 Å². The number of carbonyl (C=O) groups is 2. The average molecular weight is 301 g/mol. The normalized spacial score (nSPS) is 11.6. The molecule has 1 N–H and O–H groups in total. The summed E-state index contributed by atoms with van der Waals surface area (Å²) in [4.78, 5) is 23.3. The Kier molecular flexibility index (Phi) is 4.88. The zero-order valence-corrected chi connectivity index (χ0v) is 12.3. The third-order valence-electron chi connectivity index (χ3n) is 3.05. The van der Waals surface area contributed by atoms with Crippen molar-refractivity contribution in [3.63, 3.8) is 0 Å². The third kappa shape index (κ3) is 3.91. The Morgan fingerprint density at radius 2 is 1.86 bits per heavy atom. The van der Waals surface area contributed by atoms with E-state index in [-0.39, 0.29) is 11.5 Å². The molecule has 0 aliphatic heterocycles. The van der Waals surface area contributed by atoms with Gasteiger partial charge < -0.3 is 10.1 Å². The van der Waals surface area contributed by atoms with Crippen LogP contribution in [0, 0.1) is 5.82 Å². The molecular weight excluding hydrogens is 285 g/mol. The molecule has 0 radical (unpaired) electrons. The predicted molar refractivity (Wildman–Crippen MR) is 81.6 cm³/mol. The number of amides is 1. The van der Waals surface area contributed by atoms with Gasteiger partial charge in [0, 0.05) is 5.56 Å². The van der Waals surface area contributed by atoms with Crippen molar-refractivity contribution in [2.75, 3.05) is 5.32 Å². The fourth-order valence-electron chi connectivity index (χ4n) is 1.84. The standard InChI is InChI=1S/C17H16FNO3/c1-11(20)13-6-5-7-14(10-13)22-12(2)17(21)19-16-9-4-3-8-15(16)18/h3-10,12H,1-2H3,(H,19,21)/t12-/m0/s1. The van der Waals surface area contributed by atoms with E-state index in [0.29, 0.717) is 11.3 Å². The Morgan fingerprint density at radius 3 is 2.55 bits per heavy atom. The molecule has 0 fully saturated rings. The zero-order valence-electron chi connectivity index (χ0n) is 12.3.